The molecular weight excluding hydrogens is 468 g/mol. The molecule has 8 aromatic rings. The SMILES string of the molecule is c1ccc(-n2c3ccccc3c3nc4c5ccccc5n(-c5ccc(-c6ccccn6)nc5)c4nc32)cc1. The summed E-state index contributed by atoms with van der Waals surface area (Å²) in [6, 6.07) is 36.9. The Labute approximate surface area is 217 Å². The number of hydrogen-bond donors (Lipinski definition) is 0. The van der Waals surface area contributed by atoms with Gasteiger partial charge in [0.05, 0.1) is 34.3 Å². The minimum Gasteiger partial charge on any atom is -0.292 e. The molecule has 0 spiro atoms. The maximum atomic E-state index is 5.31. The standard InChI is InChI=1S/C32H20N6/c1-2-10-21(11-3-1)37-27-15-6-4-12-23(27)29-31(37)36-32-30(35-29)24-13-5-7-16-28(24)38(32)22-17-18-26(34-20-22)25-14-8-9-19-33-25/h1-20H. The second kappa shape index (κ2) is 8.08. The molecule has 0 saturated carbocycles. The van der Waals surface area contributed by atoms with E-state index in [1.165, 1.54) is 0 Å². The first kappa shape index (κ1) is 20.8. The first-order valence-electron chi connectivity index (χ1n) is 12.5. The van der Waals surface area contributed by atoms with E-state index in [4.69, 9.17) is 15.0 Å². The van der Waals surface area contributed by atoms with Crippen molar-refractivity contribution in [2.75, 3.05) is 0 Å². The van der Waals surface area contributed by atoms with Gasteiger partial charge in [0.2, 0.25) is 0 Å². The zero-order valence-corrected chi connectivity index (χ0v) is 20.2. The molecule has 6 heteroatoms. The Morgan fingerprint density at radius 2 is 1.05 bits per heavy atom. The third-order valence-corrected chi connectivity index (χ3v) is 7.03. The third-order valence-electron chi connectivity index (χ3n) is 7.03. The van der Waals surface area contributed by atoms with Crippen molar-refractivity contribution in [1.29, 1.82) is 0 Å². The molecule has 3 aromatic carbocycles. The molecule has 0 aliphatic carbocycles. The number of pyridine rings is 2. The Morgan fingerprint density at radius 1 is 0.447 bits per heavy atom. The Kier molecular flexibility index (Phi) is 4.42. The van der Waals surface area contributed by atoms with Gasteiger partial charge >= 0.3 is 0 Å². The van der Waals surface area contributed by atoms with Crippen LogP contribution in [0.15, 0.2) is 122 Å². The summed E-state index contributed by atoms with van der Waals surface area (Å²) < 4.78 is 4.35. The number of aromatic nitrogens is 6. The summed E-state index contributed by atoms with van der Waals surface area (Å²) in [5.74, 6) is 0. The van der Waals surface area contributed by atoms with Crippen molar-refractivity contribution in [2.24, 2.45) is 0 Å². The maximum Gasteiger partial charge on any atom is 0.166 e. The number of fused-ring (bicyclic) bond motifs is 6. The van der Waals surface area contributed by atoms with Crippen LogP contribution in [0.4, 0.5) is 0 Å². The van der Waals surface area contributed by atoms with E-state index >= 15 is 0 Å². The number of para-hydroxylation sites is 3. The van der Waals surface area contributed by atoms with Crippen LogP contribution in [0.3, 0.4) is 0 Å². The van der Waals surface area contributed by atoms with Gasteiger partial charge in [0.15, 0.2) is 11.3 Å². The molecule has 0 bridgehead atoms. The molecule has 0 N–H and O–H groups in total. The van der Waals surface area contributed by atoms with Crippen LogP contribution >= 0.6 is 0 Å². The molecular formula is C32H20N6. The van der Waals surface area contributed by atoms with Crippen LogP contribution in [-0.4, -0.2) is 29.1 Å². The van der Waals surface area contributed by atoms with Crippen molar-refractivity contribution < 1.29 is 0 Å². The van der Waals surface area contributed by atoms with Crippen LogP contribution in [0.5, 0.6) is 0 Å². The lowest BCUT2D eigenvalue weighted by molar-refractivity contribution is 1.09. The van der Waals surface area contributed by atoms with Gasteiger partial charge in [0.1, 0.15) is 11.0 Å². The van der Waals surface area contributed by atoms with Crippen molar-refractivity contribution in [3.8, 4) is 22.8 Å². The van der Waals surface area contributed by atoms with Crippen molar-refractivity contribution >= 4 is 44.1 Å². The summed E-state index contributed by atoms with van der Waals surface area (Å²) in [4.78, 5) is 19.7. The monoisotopic (exact) mass is 488 g/mol. The Morgan fingerprint density at radius 3 is 1.68 bits per heavy atom. The number of rotatable bonds is 3. The molecule has 38 heavy (non-hydrogen) atoms. The lowest BCUT2D eigenvalue weighted by Gasteiger charge is -2.09. The van der Waals surface area contributed by atoms with Crippen LogP contribution in [0.2, 0.25) is 0 Å². The van der Waals surface area contributed by atoms with Crippen molar-refractivity contribution in [3.05, 3.63) is 122 Å². The predicted molar refractivity (Wildman–Crippen MR) is 152 cm³/mol. The maximum absolute atomic E-state index is 5.31. The van der Waals surface area contributed by atoms with E-state index < -0.39 is 0 Å². The normalized spacial score (nSPS) is 11.7. The molecule has 0 amide bonds. The van der Waals surface area contributed by atoms with Crippen molar-refractivity contribution in [1.82, 2.24) is 29.1 Å². The Hall–Kier alpha value is -5.36. The molecule has 0 radical (unpaired) electrons. The van der Waals surface area contributed by atoms with Gasteiger partial charge < -0.3 is 0 Å². The zero-order valence-electron chi connectivity index (χ0n) is 20.2. The van der Waals surface area contributed by atoms with E-state index in [0.29, 0.717) is 0 Å². The first-order valence-corrected chi connectivity index (χ1v) is 12.5. The predicted octanol–water partition coefficient (Wildman–Crippen LogP) is 7.13. The summed E-state index contributed by atoms with van der Waals surface area (Å²) in [5, 5.41) is 2.14. The highest BCUT2D eigenvalue weighted by atomic mass is 15.1. The molecule has 0 aliphatic rings. The average molecular weight is 489 g/mol. The largest absolute Gasteiger partial charge is 0.292 e. The second-order valence-corrected chi connectivity index (χ2v) is 9.23. The van der Waals surface area contributed by atoms with Gasteiger partial charge in [-0.05, 0) is 48.5 Å². The third kappa shape index (κ3) is 3.01. The fraction of sp³-hybridized carbons (Fsp3) is 0. The Bertz CT molecular complexity index is 2110. The first-order chi connectivity index (χ1) is 18.9. The van der Waals surface area contributed by atoms with Gasteiger partial charge in [-0.15, -0.1) is 0 Å². The van der Waals surface area contributed by atoms with E-state index in [0.717, 1.165) is 66.9 Å². The molecule has 178 valence electrons. The van der Waals surface area contributed by atoms with Crippen LogP contribution in [0.25, 0.3) is 66.9 Å². The lowest BCUT2D eigenvalue weighted by atomic mass is 10.2. The number of benzene rings is 3. The molecule has 6 nitrogen and oxygen atoms in total. The van der Waals surface area contributed by atoms with Crippen LogP contribution in [-0.2, 0) is 0 Å². The lowest BCUT2D eigenvalue weighted by Crippen LogP contribution is -2.00. The van der Waals surface area contributed by atoms with Crippen LogP contribution in [0.1, 0.15) is 0 Å². The molecule has 5 aromatic heterocycles. The van der Waals surface area contributed by atoms with Crippen LogP contribution < -0.4 is 0 Å². The zero-order chi connectivity index (χ0) is 25.1. The van der Waals surface area contributed by atoms with Gasteiger partial charge in [-0.2, -0.15) is 0 Å². The topological polar surface area (TPSA) is 61.4 Å². The van der Waals surface area contributed by atoms with Crippen molar-refractivity contribution in [2.45, 2.75) is 0 Å². The fourth-order valence-electron chi connectivity index (χ4n) is 5.34. The van der Waals surface area contributed by atoms with Crippen LogP contribution in [0, 0.1) is 0 Å². The van der Waals surface area contributed by atoms with Gasteiger partial charge in [-0.1, -0.05) is 60.7 Å². The highest BCUT2D eigenvalue weighted by Gasteiger charge is 2.20. The second-order valence-electron chi connectivity index (χ2n) is 9.23. The minimum absolute atomic E-state index is 0.797. The quantitative estimate of drug-likeness (QED) is 0.265. The smallest absolute Gasteiger partial charge is 0.166 e. The van der Waals surface area contributed by atoms with Gasteiger partial charge in [0, 0.05) is 22.7 Å². The molecule has 0 aliphatic heterocycles. The number of hydrogen-bond acceptors (Lipinski definition) is 4. The molecule has 0 unspecified atom stereocenters. The molecule has 0 fully saturated rings. The summed E-state index contributed by atoms with van der Waals surface area (Å²) in [6.45, 7) is 0. The van der Waals surface area contributed by atoms with Gasteiger partial charge in [0.25, 0.3) is 0 Å². The highest BCUT2D eigenvalue weighted by Crippen LogP contribution is 2.35. The van der Waals surface area contributed by atoms with Gasteiger partial charge in [-0.3, -0.25) is 19.1 Å². The fourth-order valence-corrected chi connectivity index (χ4v) is 5.34. The summed E-state index contributed by atoms with van der Waals surface area (Å²) >= 11 is 0. The summed E-state index contributed by atoms with van der Waals surface area (Å²) in [5.41, 5.74) is 9.15. The summed E-state index contributed by atoms with van der Waals surface area (Å²) in [6.07, 6.45) is 3.67. The van der Waals surface area contributed by atoms with E-state index in [1.54, 1.807) is 6.20 Å². The highest BCUT2D eigenvalue weighted by molar-refractivity contribution is 6.12. The van der Waals surface area contributed by atoms with E-state index in [9.17, 15) is 0 Å². The minimum atomic E-state index is 0.797. The summed E-state index contributed by atoms with van der Waals surface area (Å²) in [7, 11) is 0. The average Bonchev–Trinajstić information content (AvgIpc) is 3.49. The van der Waals surface area contributed by atoms with Gasteiger partial charge in [-0.25, -0.2) is 9.97 Å². The van der Waals surface area contributed by atoms with E-state index in [2.05, 4.69) is 68.7 Å². The Balaban J connectivity index is 1.45. The molecule has 5 heterocycles. The molecule has 8 rings (SSSR count). The number of nitrogens with zero attached hydrogens (tertiary/aromatic N) is 6. The van der Waals surface area contributed by atoms with Crippen molar-refractivity contribution in [3.63, 3.8) is 0 Å². The molecule has 0 atom stereocenters. The molecule has 0 saturated heterocycles. The van der Waals surface area contributed by atoms with E-state index in [1.807, 2.05) is 60.8 Å². The van der Waals surface area contributed by atoms with E-state index in [-0.39, 0.29) is 0 Å².